The summed E-state index contributed by atoms with van der Waals surface area (Å²) in [5.74, 6) is 0. The first-order valence-electron chi connectivity index (χ1n) is 4.05. The average molecular weight is 289 g/mol. The maximum Gasteiger partial charge on any atom is 0.185 e. The van der Waals surface area contributed by atoms with Crippen LogP contribution in [0, 0.1) is 6.92 Å². The summed E-state index contributed by atoms with van der Waals surface area (Å²) in [6.07, 6.45) is 0. The maximum atomic E-state index is 5.82. The van der Waals surface area contributed by atoms with Crippen molar-refractivity contribution in [2.45, 2.75) is 6.92 Å². The molecule has 0 spiro atoms. The van der Waals surface area contributed by atoms with Crippen molar-refractivity contribution in [3.05, 3.63) is 38.1 Å². The summed E-state index contributed by atoms with van der Waals surface area (Å²) in [5.41, 5.74) is 3.25. The van der Waals surface area contributed by atoms with Crippen molar-refractivity contribution in [3.8, 4) is 11.3 Å². The molecular formula is C10H7BrClNS. The van der Waals surface area contributed by atoms with Gasteiger partial charge in [-0.25, -0.2) is 4.98 Å². The van der Waals surface area contributed by atoms with Crippen molar-refractivity contribution in [2.75, 3.05) is 0 Å². The molecule has 0 aliphatic carbocycles. The van der Waals surface area contributed by atoms with Crippen molar-refractivity contribution in [1.82, 2.24) is 4.98 Å². The lowest BCUT2D eigenvalue weighted by Crippen LogP contribution is -1.78. The van der Waals surface area contributed by atoms with E-state index in [1.807, 2.05) is 12.1 Å². The van der Waals surface area contributed by atoms with Crippen LogP contribution in [-0.2, 0) is 0 Å². The van der Waals surface area contributed by atoms with Crippen LogP contribution in [-0.4, -0.2) is 4.98 Å². The highest BCUT2D eigenvalue weighted by Crippen LogP contribution is 2.34. The highest BCUT2D eigenvalue weighted by Gasteiger charge is 2.08. The lowest BCUT2D eigenvalue weighted by Gasteiger charge is -1.97. The van der Waals surface area contributed by atoms with Gasteiger partial charge >= 0.3 is 0 Å². The first-order chi connectivity index (χ1) is 6.66. The van der Waals surface area contributed by atoms with Gasteiger partial charge in [-0.15, -0.1) is 0 Å². The van der Waals surface area contributed by atoms with E-state index in [9.17, 15) is 0 Å². The average Bonchev–Trinajstić information content (AvgIpc) is 2.47. The van der Waals surface area contributed by atoms with Crippen molar-refractivity contribution >= 4 is 38.9 Å². The summed E-state index contributed by atoms with van der Waals surface area (Å²) in [6, 6.07) is 8.22. The van der Waals surface area contributed by atoms with Crippen LogP contribution in [0.1, 0.15) is 5.56 Å². The van der Waals surface area contributed by atoms with E-state index in [1.54, 1.807) is 0 Å². The SMILES string of the molecule is Cc1ccc(-c2nc(Cl)sc2Br)cc1. The van der Waals surface area contributed by atoms with Crippen LogP contribution in [0.15, 0.2) is 28.1 Å². The lowest BCUT2D eigenvalue weighted by molar-refractivity contribution is 1.38. The second-order valence-electron chi connectivity index (χ2n) is 2.96. The molecule has 2 aromatic rings. The summed E-state index contributed by atoms with van der Waals surface area (Å²) < 4.78 is 1.54. The van der Waals surface area contributed by atoms with Crippen LogP contribution in [0.2, 0.25) is 4.47 Å². The van der Waals surface area contributed by atoms with E-state index in [2.05, 4.69) is 40.0 Å². The van der Waals surface area contributed by atoms with Crippen LogP contribution in [0.25, 0.3) is 11.3 Å². The number of aryl methyl sites for hydroxylation is 1. The summed E-state index contributed by atoms with van der Waals surface area (Å²) in [7, 11) is 0. The summed E-state index contributed by atoms with van der Waals surface area (Å²) >= 11 is 10.7. The molecule has 4 heteroatoms. The second-order valence-corrected chi connectivity index (χ2v) is 5.85. The molecule has 0 saturated carbocycles. The fourth-order valence-corrected chi connectivity index (χ4v) is 3.08. The second kappa shape index (κ2) is 4.01. The molecule has 1 aromatic heterocycles. The van der Waals surface area contributed by atoms with Crippen LogP contribution in [0.5, 0.6) is 0 Å². The molecule has 0 amide bonds. The topological polar surface area (TPSA) is 12.9 Å². The third-order valence-corrected chi connectivity index (χ3v) is 3.69. The number of hydrogen-bond donors (Lipinski definition) is 0. The van der Waals surface area contributed by atoms with Gasteiger partial charge in [0.1, 0.15) is 0 Å². The first kappa shape index (κ1) is 10.1. The van der Waals surface area contributed by atoms with E-state index in [1.165, 1.54) is 16.9 Å². The van der Waals surface area contributed by atoms with Gasteiger partial charge in [-0.3, -0.25) is 0 Å². The molecule has 0 radical (unpaired) electrons. The molecule has 0 N–H and O–H groups in total. The minimum atomic E-state index is 0.562. The zero-order chi connectivity index (χ0) is 10.1. The Morgan fingerprint density at radius 1 is 1.29 bits per heavy atom. The summed E-state index contributed by atoms with van der Waals surface area (Å²) in [6.45, 7) is 2.06. The Labute approximate surface area is 99.9 Å². The van der Waals surface area contributed by atoms with Gasteiger partial charge in [-0.1, -0.05) is 52.8 Å². The Hall–Kier alpha value is -0.380. The number of rotatable bonds is 1. The molecule has 0 aliphatic rings. The molecular weight excluding hydrogens is 282 g/mol. The molecule has 0 aliphatic heterocycles. The minimum absolute atomic E-state index is 0.562. The largest absolute Gasteiger partial charge is 0.224 e. The Morgan fingerprint density at radius 2 is 1.93 bits per heavy atom. The van der Waals surface area contributed by atoms with Crippen molar-refractivity contribution < 1.29 is 0 Å². The van der Waals surface area contributed by atoms with Gasteiger partial charge in [-0.2, -0.15) is 0 Å². The number of halogens is 2. The molecule has 0 saturated heterocycles. The predicted molar refractivity (Wildman–Crippen MR) is 65.0 cm³/mol. The molecule has 1 aromatic carbocycles. The molecule has 1 heterocycles. The predicted octanol–water partition coefficient (Wildman–Crippen LogP) is 4.53. The molecule has 14 heavy (non-hydrogen) atoms. The van der Waals surface area contributed by atoms with Gasteiger partial charge in [0.25, 0.3) is 0 Å². The zero-order valence-electron chi connectivity index (χ0n) is 7.42. The third kappa shape index (κ3) is 2.00. The molecule has 0 unspecified atom stereocenters. The van der Waals surface area contributed by atoms with E-state index >= 15 is 0 Å². The van der Waals surface area contributed by atoms with Gasteiger partial charge in [-0.05, 0) is 22.9 Å². The molecule has 0 atom stereocenters. The molecule has 1 nitrogen and oxygen atoms in total. The number of hydrogen-bond acceptors (Lipinski definition) is 2. The minimum Gasteiger partial charge on any atom is -0.224 e. The maximum absolute atomic E-state index is 5.82. The van der Waals surface area contributed by atoms with E-state index < -0.39 is 0 Å². The molecule has 2 rings (SSSR count). The Kier molecular flexibility index (Phi) is 2.91. The first-order valence-corrected chi connectivity index (χ1v) is 6.04. The summed E-state index contributed by atoms with van der Waals surface area (Å²) in [4.78, 5) is 4.25. The van der Waals surface area contributed by atoms with Gasteiger partial charge in [0.15, 0.2) is 4.47 Å². The highest BCUT2D eigenvalue weighted by atomic mass is 79.9. The van der Waals surface area contributed by atoms with E-state index in [4.69, 9.17) is 11.6 Å². The van der Waals surface area contributed by atoms with E-state index in [0.29, 0.717) is 4.47 Å². The zero-order valence-corrected chi connectivity index (χ0v) is 10.6. The lowest BCUT2D eigenvalue weighted by atomic mass is 10.1. The third-order valence-electron chi connectivity index (χ3n) is 1.88. The number of nitrogens with zero attached hydrogens (tertiary/aromatic N) is 1. The standard InChI is InChI=1S/C10H7BrClNS/c1-6-2-4-7(5-3-6)8-9(11)14-10(12)13-8/h2-5H,1H3. The molecule has 0 fully saturated rings. The Bertz CT molecular complexity index is 450. The number of aromatic nitrogens is 1. The van der Waals surface area contributed by atoms with E-state index in [0.717, 1.165) is 15.0 Å². The number of thiazole rings is 1. The Morgan fingerprint density at radius 3 is 2.43 bits per heavy atom. The fourth-order valence-electron chi connectivity index (χ4n) is 1.17. The monoisotopic (exact) mass is 287 g/mol. The van der Waals surface area contributed by atoms with Crippen LogP contribution < -0.4 is 0 Å². The smallest absolute Gasteiger partial charge is 0.185 e. The van der Waals surface area contributed by atoms with Gasteiger partial charge in [0.05, 0.1) is 9.48 Å². The van der Waals surface area contributed by atoms with Gasteiger partial charge < -0.3 is 0 Å². The van der Waals surface area contributed by atoms with Crippen LogP contribution in [0.4, 0.5) is 0 Å². The van der Waals surface area contributed by atoms with Crippen molar-refractivity contribution in [3.63, 3.8) is 0 Å². The van der Waals surface area contributed by atoms with Crippen LogP contribution >= 0.6 is 38.9 Å². The quantitative estimate of drug-likeness (QED) is 0.751. The van der Waals surface area contributed by atoms with E-state index in [-0.39, 0.29) is 0 Å². The van der Waals surface area contributed by atoms with Crippen molar-refractivity contribution in [2.24, 2.45) is 0 Å². The van der Waals surface area contributed by atoms with Gasteiger partial charge in [0.2, 0.25) is 0 Å². The molecule has 72 valence electrons. The highest BCUT2D eigenvalue weighted by molar-refractivity contribution is 9.11. The van der Waals surface area contributed by atoms with Crippen molar-refractivity contribution in [1.29, 1.82) is 0 Å². The summed E-state index contributed by atoms with van der Waals surface area (Å²) in [5, 5.41) is 0. The van der Waals surface area contributed by atoms with Gasteiger partial charge in [0, 0.05) is 5.56 Å². The van der Waals surface area contributed by atoms with Crippen LogP contribution in [0.3, 0.4) is 0 Å². The Balaban J connectivity index is 2.49. The molecule has 0 bridgehead atoms. The number of benzene rings is 1. The normalized spacial score (nSPS) is 10.5. The fraction of sp³-hybridized carbons (Fsp3) is 0.100.